The summed E-state index contributed by atoms with van der Waals surface area (Å²) in [6.07, 6.45) is -0.689. The molecule has 1 fully saturated rings. The number of nitrogens with two attached hydrogens (primary N) is 2. The van der Waals surface area contributed by atoms with Crippen LogP contribution < -0.4 is 16.2 Å². The molecule has 17 heteroatoms. The van der Waals surface area contributed by atoms with Gasteiger partial charge in [0.15, 0.2) is 17.7 Å². The van der Waals surface area contributed by atoms with Crippen LogP contribution in [0.15, 0.2) is 12.7 Å². The quantitative estimate of drug-likeness (QED) is 0.200. The molecule has 3 heterocycles. The molecule has 0 aromatic carbocycles. The molecule has 2 aromatic heterocycles. The first-order valence-electron chi connectivity index (χ1n) is 12.1. The molecule has 2 aromatic rings. The first-order valence-corrected chi connectivity index (χ1v) is 14.9. The Hall–Kier alpha value is -2.12. The molecule has 0 bridgehead atoms. The molecule has 1 saturated heterocycles. The van der Waals surface area contributed by atoms with E-state index < -0.39 is 53.4 Å². The van der Waals surface area contributed by atoms with E-state index in [9.17, 15) is 23.4 Å². The molecule has 1 aliphatic rings. The molecule has 1 aliphatic heterocycles. The molecular formula is C21H38N8O7S2. The number of hydrogen-bond donors (Lipinski definition) is 5. The van der Waals surface area contributed by atoms with Crippen molar-refractivity contribution < 1.29 is 32.3 Å². The molecule has 0 aliphatic carbocycles. The monoisotopic (exact) mass is 578 g/mol. The van der Waals surface area contributed by atoms with Gasteiger partial charge in [-0.2, -0.15) is 20.2 Å². The third kappa shape index (κ3) is 8.44. The second-order valence-electron chi connectivity index (χ2n) is 8.34. The number of fused-ring (bicyclic) bond motifs is 1. The van der Waals surface area contributed by atoms with Crippen molar-refractivity contribution in [3.8, 4) is 0 Å². The van der Waals surface area contributed by atoms with Gasteiger partial charge in [-0.3, -0.25) is 13.5 Å². The molecular weight excluding hydrogens is 540 g/mol. The van der Waals surface area contributed by atoms with Crippen LogP contribution in [0.4, 0.5) is 5.82 Å². The number of nitrogens with zero attached hydrogens (tertiary/aromatic N) is 5. The molecule has 15 nitrogen and oxygen atoms in total. The molecule has 7 N–H and O–H groups in total. The van der Waals surface area contributed by atoms with E-state index in [1.54, 1.807) is 4.72 Å². The standard InChI is InChI=1S/C15H23N7O7S2.C6H15N/c1-30-3-2-7(16)14(25)21-31(26,27)28-4-8-10(23)11(24)15(29-8)22-6-20-9-12(17)18-5-19-13(9)22;1-4-7(5-2)6-3/h5-8,10-11,15,23-24H,2-4,16H2,1H3,(H,21,25)(H2,17,18,19);4-6H2,1-3H3/t7-,8+,10+,11+,15+;/m0./s1. The Morgan fingerprint density at radius 2 is 1.89 bits per heavy atom. The zero-order valence-corrected chi connectivity index (χ0v) is 23.6. The summed E-state index contributed by atoms with van der Waals surface area (Å²) >= 11 is 1.46. The third-order valence-electron chi connectivity index (χ3n) is 5.92. The Kier molecular flexibility index (Phi) is 12.6. The molecule has 38 heavy (non-hydrogen) atoms. The second kappa shape index (κ2) is 14.9. The maximum Gasteiger partial charge on any atom is 0.362 e. The first-order chi connectivity index (χ1) is 18.0. The summed E-state index contributed by atoms with van der Waals surface area (Å²) in [6.45, 7) is 9.46. The van der Waals surface area contributed by atoms with Crippen LogP contribution in [0.2, 0.25) is 0 Å². The molecule has 216 valence electrons. The zero-order chi connectivity index (χ0) is 28.5. The van der Waals surface area contributed by atoms with Crippen LogP contribution in [-0.4, -0.2) is 112 Å². The highest BCUT2D eigenvalue weighted by atomic mass is 32.2. The van der Waals surface area contributed by atoms with Gasteiger partial charge < -0.3 is 31.3 Å². The van der Waals surface area contributed by atoms with Gasteiger partial charge in [0.1, 0.15) is 30.2 Å². The summed E-state index contributed by atoms with van der Waals surface area (Å²) in [5.74, 6) is -0.215. The topological polar surface area (TPSA) is 221 Å². The molecule has 3 rings (SSSR count). The highest BCUT2D eigenvalue weighted by Gasteiger charge is 2.45. The molecule has 0 spiro atoms. The Morgan fingerprint density at radius 3 is 2.47 bits per heavy atom. The van der Waals surface area contributed by atoms with Crippen molar-refractivity contribution in [3.05, 3.63) is 12.7 Å². The van der Waals surface area contributed by atoms with Crippen LogP contribution in [-0.2, 0) is 24.0 Å². The number of nitrogen functional groups attached to an aromatic ring is 1. The fourth-order valence-corrected chi connectivity index (χ4v) is 4.84. The average molecular weight is 579 g/mol. The number of carbonyl (C=O) groups excluding carboxylic acids is 1. The minimum atomic E-state index is -4.51. The van der Waals surface area contributed by atoms with Gasteiger partial charge in [-0.1, -0.05) is 20.8 Å². The minimum Gasteiger partial charge on any atom is -0.387 e. The van der Waals surface area contributed by atoms with E-state index in [2.05, 4.69) is 40.6 Å². The lowest BCUT2D eigenvalue weighted by Gasteiger charge is -2.16. The van der Waals surface area contributed by atoms with Crippen LogP contribution in [0.3, 0.4) is 0 Å². The van der Waals surface area contributed by atoms with Crippen molar-refractivity contribution >= 4 is 45.0 Å². The predicted molar refractivity (Wildman–Crippen MR) is 143 cm³/mol. The number of aliphatic hydroxyl groups is 2. The molecule has 0 saturated carbocycles. The van der Waals surface area contributed by atoms with Crippen LogP contribution >= 0.6 is 11.8 Å². The number of carbonyl (C=O) groups is 1. The van der Waals surface area contributed by atoms with Crippen LogP contribution in [0.5, 0.6) is 0 Å². The van der Waals surface area contributed by atoms with Crippen LogP contribution in [0, 0.1) is 0 Å². The van der Waals surface area contributed by atoms with E-state index in [0.717, 1.165) is 0 Å². The van der Waals surface area contributed by atoms with Crippen molar-refractivity contribution in [1.29, 1.82) is 0 Å². The number of ether oxygens (including phenoxy) is 1. The van der Waals surface area contributed by atoms with Gasteiger partial charge in [0.25, 0.3) is 5.91 Å². The smallest absolute Gasteiger partial charge is 0.362 e. The summed E-state index contributed by atoms with van der Waals surface area (Å²) in [5, 5.41) is 20.6. The zero-order valence-electron chi connectivity index (χ0n) is 21.9. The van der Waals surface area contributed by atoms with Crippen molar-refractivity contribution in [1.82, 2.24) is 29.1 Å². The minimum absolute atomic E-state index is 0.120. The molecule has 5 atom stereocenters. The number of aromatic nitrogens is 4. The number of thioether (sulfide) groups is 1. The van der Waals surface area contributed by atoms with E-state index in [1.807, 2.05) is 6.26 Å². The fourth-order valence-electron chi connectivity index (χ4n) is 3.58. The van der Waals surface area contributed by atoms with Crippen molar-refractivity contribution in [2.75, 3.05) is 44.0 Å². The largest absolute Gasteiger partial charge is 0.387 e. The maximum absolute atomic E-state index is 12.0. The first kappa shape index (κ1) is 32.1. The summed E-state index contributed by atoms with van der Waals surface area (Å²) in [4.78, 5) is 26.2. The number of anilines is 1. The highest BCUT2D eigenvalue weighted by molar-refractivity contribution is 7.98. The Morgan fingerprint density at radius 1 is 1.24 bits per heavy atom. The lowest BCUT2D eigenvalue weighted by Crippen LogP contribution is -2.45. The maximum atomic E-state index is 12.0. The fraction of sp³-hybridized carbons (Fsp3) is 0.714. The number of hydrogen-bond acceptors (Lipinski definition) is 14. The SMILES string of the molecule is CCN(CC)CC.CSCC[C@H](N)C(=O)NS(=O)(=O)OC[C@H]1O[C@@H](n2cnc3c(N)ncnc32)[C@H](O)[C@@H]1O. The lowest BCUT2D eigenvalue weighted by molar-refractivity contribution is -0.120. The number of imidazole rings is 1. The third-order valence-corrected chi connectivity index (χ3v) is 7.46. The summed E-state index contributed by atoms with van der Waals surface area (Å²) in [7, 11) is -4.51. The average Bonchev–Trinajstić information content (AvgIpc) is 3.44. The summed E-state index contributed by atoms with van der Waals surface area (Å²) in [6, 6.07) is -1.02. The number of rotatable bonds is 12. The van der Waals surface area contributed by atoms with Gasteiger partial charge in [0.05, 0.1) is 19.0 Å². The van der Waals surface area contributed by atoms with E-state index in [0.29, 0.717) is 5.75 Å². The number of aliphatic hydroxyl groups excluding tert-OH is 2. The van der Waals surface area contributed by atoms with Crippen molar-refractivity contribution in [2.24, 2.45) is 5.73 Å². The molecule has 0 unspecified atom stereocenters. The van der Waals surface area contributed by atoms with E-state index in [4.69, 9.17) is 20.4 Å². The van der Waals surface area contributed by atoms with Gasteiger partial charge in [0.2, 0.25) is 0 Å². The molecule has 0 radical (unpaired) electrons. The Labute approximate surface area is 226 Å². The van der Waals surface area contributed by atoms with Gasteiger partial charge >= 0.3 is 10.3 Å². The predicted octanol–water partition coefficient (Wildman–Crippen LogP) is -1.17. The lowest BCUT2D eigenvalue weighted by atomic mass is 10.1. The van der Waals surface area contributed by atoms with E-state index >= 15 is 0 Å². The van der Waals surface area contributed by atoms with Gasteiger partial charge in [-0.15, -0.1) is 0 Å². The summed E-state index contributed by atoms with van der Waals surface area (Å²) < 4.78 is 37.4. The number of nitrogens with one attached hydrogen (secondary N) is 1. The summed E-state index contributed by atoms with van der Waals surface area (Å²) in [5.41, 5.74) is 11.9. The van der Waals surface area contributed by atoms with Crippen LogP contribution in [0.25, 0.3) is 11.2 Å². The highest BCUT2D eigenvalue weighted by Crippen LogP contribution is 2.32. The van der Waals surface area contributed by atoms with Gasteiger partial charge in [0, 0.05) is 0 Å². The van der Waals surface area contributed by atoms with Gasteiger partial charge in [-0.05, 0) is 38.1 Å². The van der Waals surface area contributed by atoms with Crippen molar-refractivity contribution in [2.45, 2.75) is 57.8 Å². The van der Waals surface area contributed by atoms with Gasteiger partial charge in [-0.25, -0.2) is 19.7 Å². The Balaban J connectivity index is 0.000000638. The van der Waals surface area contributed by atoms with E-state index in [1.165, 1.54) is 48.6 Å². The van der Waals surface area contributed by atoms with E-state index in [-0.39, 0.29) is 23.4 Å². The van der Waals surface area contributed by atoms with Crippen LogP contribution in [0.1, 0.15) is 33.4 Å². The normalized spacial score (nSPS) is 22.3. The van der Waals surface area contributed by atoms with Crippen molar-refractivity contribution in [3.63, 3.8) is 0 Å². The molecule has 1 amide bonds. The number of amides is 1. The second-order valence-corrected chi connectivity index (χ2v) is 10.7. The Bertz CT molecular complexity index is 1130.